The molecule has 1 aliphatic heterocycles. The minimum Gasteiger partial charge on any atom is -0.382 e. The van der Waals surface area contributed by atoms with Gasteiger partial charge in [-0.15, -0.1) is 0 Å². The van der Waals surface area contributed by atoms with E-state index in [1.54, 1.807) is 11.4 Å². The first-order chi connectivity index (χ1) is 9.97. The molecular formula is C14H30N2O4S. The monoisotopic (exact) mass is 322 g/mol. The van der Waals surface area contributed by atoms with Crippen LogP contribution in [0.3, 0.4) is 0 Å². The summed E-state index contributed by atoms with van der Waals surface area (Å²) in [6, 6.07) is 0.274. The molecule has 6 nitrogen and oxygen atoms in total. The summed E-state index contributed by atoms with van der Waals surface area (Å²) in [5.74, 6) is 0.406. The molecule has 0 amide bonds. The number of rotatable bonds is 10. The van der Waals surface area contributed by atoms with Gasteiger partial charge in [0.05, 0.1) is 26.1 Å². The number of methoxy groups -OCH3 is 1. The average molecular weight is 322 g/mol. The third-order valence-electron chi connectivity index (χ3n) is 3.81. The molecule has 0 aromatic rings. The van der Waals surface area contributed by atoms with Gasteiger partial charge in [0.15, 0.2) is 0 Å². The van der Waals surface area contributed by atoms with E-state index in [0.29, 0.717) is 38.8 Å². The highest BCUT2D eigenvalue weighted by molar-refractivity contribution is 7.88. The van der Waals surface area contributed by atoms with Crippen molar-refractivity contribution in [3.05, 3.63) is 0 Å². The Hall–Kier alpha value is -0.210. The number of hydrogen-bond donors (Lipinski definition) is 1. The van der Waals surface area contributed by atoms with Gasteiger partial charge in [-0.1, -0.05) is 6.92 Å². The second-order valence-corrected chi connectivity index (χ2v) is 7.67. The summed E-state index contributed by atoms with van der Waals surface area (Å²) in [4.78, 5) is 0. The SMILES string of the molecule is CCNC(COCCOC)CC1CCCN(S(C)(=O)=O)C1. The minimum absolute atomic E-state index is 0.274. The van der Waals surface area contributed by atoms with Crippen LogP contribution in [0.2, 0.25) is 0 Å². The summed E-state index contributed by atoms with van der Waals surface area (Å²) >= 11 is 0. The zero-order valence-electron chi connectivity index (χ0n) is 13.5. The lowest BCUT2D eigenvalue weighted by Crippen LogP contribution is -2.43. The standard InChI is InChI=1S/C14H30N2O4S/c1-4-15-14(12-20-9-8-19-2)10-13-6-5-7-16(11-13)21(3,17)18/h13-15H,4-12H2,1-3H3. The zero-order chi connectivity index (χ0) is 15.7. The van der Waals surface area contributed by atoms with Gasteiger partial charge in [0.1, 0.15) is 0 Å². The summed E-state index contributed by atoms with van der Waals surface area (Å²) in [7, 11) is -1.41. The van der Waals surface area contributed by atoms with Crippen LogP contribution in [-0.4, -0.2) is 71.6 Å². The minimum atomic E-state index is -3.07. The molecule has 0 aromatic carbocycles. The van der Waals surface area contributed by atoms with Gasteiger partial charge in [-0.3, -0.25) is 0 Å². The lowest BCUT2D eigenvalue weighted by Gasteiger charge is -2.33. The fraction of sp³-hybridized carbons (Fsp3) is 1.00. The molecule has 1 fully saturated rings. The molecule has 1 heterocycles. The first-order valence-corrected chi connectivity index (χ1v) is 9.57. The second kappa shape index (κ2) is 9.74. The predicted molar refractivity (Wildman–Crippen MR) is 83.9 cm³/mol. The van der Waals surface area contributed by atoms with E-state index in [4.69, 9.17) is 9.47 Å². The van der Waals surface area contributed by atoms with Gasteiger partial charge in [0.2, 0.25) is 10.0 Å². The molecule has 2 atom stereocenters. The van der Waals surface area contributed by atoms with Gasteiger partial charge in [0.25, 0.3) is 0 Å². The number of sulfonamides is 1. The van der Waals surface area contributed by atoms with E-state index in [1.807, 2.05) is 0 Å². The van der Waals surface area contributed by atoms with E-state index in [9.17, 15) is 8.42 Å². The number of hydrogen-bond acceptors (Lipinski definition) is 5. The third-order valence-corrected chi connectivity index (χ3v) is 5.08. The highest BCUT2D eigenvalue weighted by atomic mass is 32.2. The molecule has 1 rings (SSSR count). The first kappa shape index (κ1) is 18.8. The molecule has 0 radical (unpaired) electrons. The lowest BCUT2D eigenvalue weighted by molar-refractivity contribution is 0.0534. The zero-order valence-corrected chi connectivity index (χ0v) is 14.3. The van der Waals surface area contributed by atoms with Gasteiger partial charge < -0.3 is 14.8 Å². The third kappa shape index (κ3) is 7.56. The maximum Gasteiger partial charge on any atom is 0.211 e. The maximum absolute atomic E-state index is 11.7. The Morgan fingerprint density at radius 1 is 1.38 bits per heavy atom. The van der Waals surface area contributed by atoms with Crippen molar-refractivity contribution in [3.63, 3.8) is 0 Å². The van der Waals surface area contributed by atoms with Crippen molar-refractivity contribution in [2.45, 2.75) is 32.2 Å². The normalized spacial score (nSPS) is 22.3. The fourth-order valence-corrected chi connectivity index (χ4v) is 3.73. The van der Waals surface area contributed by atoms with E-state index in [2.05, 4.69) is 12.2 Å². The Balaban J connectivity index is 2.42. The van der Waals surface area contributed by atoms with Crippen molar-refractivity contribution >= 4 is 10.0 Å². The van der Waals surface area contributed by atoms with Crippen molar-refractivity contribution in [1.29, 1.82) is 0 Å². The van der Waals surface area contributed by atoms with Crippen molar-refractivity contribution in [1.82, 2.24) is 9.62 Å². The molecular weight excluding hydrogens is 292 g/mol. The number of nitrogens with one attached hydrogen (secondary N) is 1. The summed E-state index contributed by atoms with van der Waals surface area (Å²) < 4.78 is 35.5. The average Bonchev–Trinajstić information content (AvgIpc) is 2.43. The smallest absolute Gasteiger partial charge is 0.211 e. The molecule has 126 valence electrons. The summed E-state index contributed by atoms with van der Waals surface area (Å²) in [5, 5.41) is 3.43. The van der Waals surface area contributed by atoms with Gasteiger partial charge in [0, 0.05) is 26.2 Å². The molecule has 1 N–H and O–H groups in total. The highest BCUT2D eigenvalue weighted by Gasteiger charge is 2.27. The topological polar surface area (TPSA) is 67.9 Å². The Morgan fingerprint density at radius 3 is 2.76 bits per heavy atom. The Labute approximate surface area is 129 Å². The largest absolute Gasteiger partial charge is 0.382 e. The highest BCUT2D eigenvalue weighted by Crippen LogP contribution is 2.22. The van der Waals surface area contributed by atoms with Crippen molar-refractivity contribution < 1.29 is 17.9 Å². The van der Waals surface area contributed by atoms with Crippen LogP contribution < -0.4 is 5.32 Å². The maximum atomic E-state index is 11.7. The summed E-state index contributed by atoms with van der Waals surface area (Å²) in [6.07, 6.45) is 4.28. The summed E-state index contributed by atoms with van der Waals surface area (Å²) in [6.45, 7) is 6.10. The van der Waals surface area contributed by atoms with Crippen LogP contribution in [0.25, 0.3) is 0 Å². The van der Waals surface area contributed by atoms with E-state index in [1.165, 1.54) is 6.26 Å². The van der Waals surface area contributed by atoms with Crippen LogP contribution in [-0.2, 0) is 19.5 Å². The van der Waals surface area contributed by atoms with E-state index in [0.717, 1.165) is 25.8 Å². The van der Waals surface area contributed by atoms with Crippen molar-refractivity contribution in [3.8, 4) is 0 Å². The Kier molecular flexibility index (Phi) is 8.73. The van der Waals surface area contributed by atoms with Gasteiger partial charge in [-0.25, -0.2) is 12.7 Å². The molecule has 7 heteroatoms. The number of nitrogens with zero attached hydrogens (tertiary/aromatic N) is 1. The number of piperidine rings is 1. The molecule has 1 saturated heterocycles. The van der Waals surface area contributed by atoms with Crippen LogP contribution >= 0.6 is 0 Å². The molecule has 2 unspecified atom stereocenters. The molecule has 0 aliphatic carbocycles. The predicted octanol–water partition coefficient (Wildman–Crippen LogP) is 0.689. The number of ether oxygens (including phenoxy) is 2. The van der Waals surface area contributed by atoms with E-state index in [-0.39, 0.29) is 6.04 Å². The van der Waals surface area contributed by atoms with E-state index >= 15 is 0 Å². The van der Waals surface area contributed by atoms with Gasteiger partial charge in [-0.05, 0) is 31.7 Å². The second-order valence-electron chi connectivity index (χ2n) is 5.69. The molecule has 1 aliphatic rings. The van der Waals surface area contributed by atoms with Crippen LogP contribution in [0.4, 0.5) is 0 Å². The van der Waals surface area contributed by atoms with Gasteiger partial charge >= 0.3 is 0 Å². The van der Waals surface area contributed by atoms with E-state index < -0.39 is 10.0 Å². The molecule has 0 aromatic heterocycles. The van der Waals surface area contributed by atoms with Crippen LogP contribution in [0, 0.1) is 5.92 Å². The quantitative estimate of drug-likeness (QED) is 0.599. The Morgan fingerprint density at radius 2 is 2.14 bits per heavy atom. The van der Waals surface area contributed by atoms with Crippen LogP contribution in [0.1, 0.15) is 26.2 Å². The molecule has 0 saturated carbocycles. The van der Waals surface area contributed by atoms with Crippen LogP contribution in [0.5, 0.6) is 0 Å². The van der Waals surface area contributed by atoms with Crippen molar-refractivity contribution in [2.75, 3.05) is 52.8 Å². The molecule has 21 heavy (non-hydrogen) atoms. The Bertz CT molecular complexity index is 375. The lowest BCUT2D eigenvalue weighted by atomic mass is 9.92. The van der Waals surface area contributed by atoms with Gasteiger partial charge in [-0.2, -0.15) is 0 Å². The van der Waals surface area contributed by atoms with Crippen LogP contribution in [0.15, 0.2) is 0 Å². The first-order valence-electron chi connectivity index (χ1n) is 7.72. The molecule has 0 spiro atoms. The molecule has 0 bridgehead atoms. The number of likely N-dealkylation sites (N-methyl/N-ethyl adjacent to an activating group) is 1. The van der Waals surface area contributed by atoms with Crippen molar-refractivity contribution in [2.24, 2.45) is 5.92 Å². The fourth-order valence-electron chi connectivity index (χ4n) is 2.79. The summed E-state index contributed by atoms with van der Waals surface area (Å²) in [5.41, 5.74) is 0.